The molecule has 0 spiro atoms. The smallest absolute Gasteiger partial charge is 0.119 e. The first-order valence-electron chi connectivity index (χ1n) is 4.40. The summed E-state index contributed by atoms with van der Waals surface area (Å²) < 4.78 is 0. The molecule has 1 N–H and O–H groups in total. The highest BCUT2D eigenvalue weighted by atomic mass is 16.6. The first-order valence-corrected chi connectivity index (χ1v) is 4.40. The van der Waals surface area contributed by atoms with Crippen LogP contribution in [0.2, 0.25) is 0 Å². The van der Waals surface area contributed by atoms with E-state index in [-0.39, 0.29) is 0 Å². The van der Waals surface area contributed by atoms with Gasteiger partial charge in [-0.05, 0) is 23.6 Å². The van der Waals surface area contributed by atoms with Crippen molar-refractivity contribution in [2.75, 3.05) is 5.48 Å². The number of nitrogens with one attached hydrogen (secondary N) is 1. The summed E-state index contributed by atoms with van der Waals surface area (Å²) in [6, 6.07) is 6.05. The van der Waals surface area contributed by atoms with E-state index in [2.05, 4.69) is 10.5 Å². The van der Waals surface area contributed by atoms with Gasteiger partial charge < -0.3 is 4.84 Å². The number of fused-ring (bicyclic) bond motifs is 3. The summed E-state index contributed by atoms with van der Waals surface area (Å²) >= 11 is 0. The molecule has 3 rings (SSSR count). The molecule has 14 heavy (non-hydrogen) atoms. The zero-order chi connectivity index (χ0) is 9.38. The Kier molecular flexibility index (Phi) is 1.44. The molecular formula is C11H8N2O. The van der Waals surface area contributed by atoms with Gasteiger partial charge in [-0.1, -0.05) is 6.07 Å². The standard InChI is InChI=1S/C11H8N2O/c1-2-11-9(4-6-14-13-11)10-7-12-5-3-8(1)10/h1-7,13H. The molecule has 1 aliphatic heterocycles. The fourth-order valence-electron chi connectivity index (χ4n) is 1.65. The van der Waals surface area contributed by atoms with Crippen LogP contribution >= 0.6 is 0 Å². The number of pyridine rings is 1. The van der Waals surface area contributed by atoms with Crippen molar-refractivity contribution in [1.82, 2.24) is 4.98 Å². The summed E-state index contributed by atoms with van der Waals surface area (Å²) in [6.07, 6.45) is 7.24. The minimum Gasteiger partial charge on any atom is -0.390 e. The molecule has 1 aromatic carbocycles. The highest BCUT2D eigenvalue weighted by Gasteiger charge is 2.07. The highest BCUT2D eigenvalue weighted by Crippen LogP contribution is 2.28. The average Bonchev–Trinajstić information content (AvgIpc) is 2.29. The van der Waals surface area contributed by atoms with Gasteiger partial charge in [-0.2, -0.15) is 0 Å². The van der Waals surface area contributed by atoms with Crippen molar-refractivity contribution >= 4 is 22.5 Å². The molecule has 0 bridgehead atoms. The van der Waals surface area contributed by atoms with Crippen molar-refractivity contribution in [3.8, 4) is 0 Å². The Labute approximate surface area is 81.0 Å². The SMILES string of the molecule is C1=Cc2c(ccc3ccncc23)NO1. The third-order valence-electron chi connectivity index (χ3n) is 2.34. The van der Waals surface area contributed by atoms with E-state index in [1.807, 2.05) is 30.5 Å². The number of aromatic nitrogens is 1. The van der Waals surface area contributed by atoms with Crippen molar-refractivity contribution in [3.05, 3.63) is 42.4 Å². The topological polar surface area (TPSA) is 34.2 Å². The molecule has 3 heteroatoms. The third kappa shape index (κ3) is 0.956. The van der Waals surface area contributed by atoms with Crippen LogP contribution in [0.1, 0.15) is 5.56 Å². The quantitative estimate of drug-likeness (QED) is 0.683. The van der Waals surface area contributed by atoms with Crippen molar-refractivity contribution in [3.63, 3.8) is 0 Å². The molecule has 68 valence electrons. The summed E-state index contributed by atoms with van der Waals surface area (Å²) in [5, 5.41) is 2.32. The van der Waals surface area contributed by atoms with E-state index in [4.69, 9.17) is 4.84 Å². The highest BCUT2D eigenvalue weighted by molar-refractivity contribution is 5.95. The molecule has 0 saturated heterocycles. The number of anilines is 1. The van der Waals surface area contributed by atoms with E-state index in [0.29, 0.717) is 0 Å². The molecule has 1 aromatic heterocycles. The van der Waals surface area contributed by atoms with Gasteiger partial charge in [-0.15, -0.1) is 0 Å². The van der Waals surface area contributed by atoms with Gasteiger partial charge in [0.1, 0.15) is 6.26 Å². The summed E-state index contributed by atoms with van der Waals surface area (Å²) in [5.74, 6) is 0. The normalized spacial score (nSPS) is 13.1. The second kappa shape index (κ2) is 2.73. The van der Waals surface area contributed by atoms with Gasteiger partial charge in [-0.3, -0.25) is 4.98 Å². The maximum atomic E-state index is 4.99. The Morgan fingerprint density at radius 3 is 3.21 bits per heavy atom. The lowest BCUT2D eigenvalue weighted by molar-refractivity contribution is 0.329. The number of nitrogens with zero attached hydrogens (tertiary/aromatic N) is 1. The van der Waals surface area contributed by atoms with Crippen LogP contribution in [-0.4, -0.2) is 4.98 Å². The van der Waals surface area contributed by atoms with Gasteiger partial charge in [0.05, 0.1) is 5.69 Å². The predicted octanol–water partition coefficient (Wildman–Crippen LogP) is 2.56. The van der Waals surface area contributed by atoms with Gasteiger partial charge in [0, 0.05) is 23.3 Å². The summed E-state index contributed by atoms with van der Waals surface area (Å²) in [6.45, 7) is 0. The lowest BCUT2D eigenvalue weighted by Crippen LogP contribution is -2.01. The summed E-state index contributed by atoms with van der Waals surface area (Å²) in [5.41, 5.74) is 4.95. The minimum absolute atomic E-state index is 0.980. The van der Waals surface area contributed by atoms with E-state index >= 15 is 0 Å². The zero-order valence-corrected chi connectivity index (χ0v) is 7.40. The minimum atomic E-state index is 0.980. The van der Waals surface area contributed by atoms with Gasteiger partial charge >= 0.3 is 0 Å². The largest absolute Gasteiger partial charge is 0.390 e. The van der Waals surface area contributed by atoms with Gasteiger partial charge in [-0.25, -0.2) is 5.48 Å². The van der Waals surface area contributed by atoms with Crippen LogP contribution in [0.15, 0.2) is 36.9 Å². The lowest BCUT2D eigenvalue weighted by atomic mass is 10.0. The molecule has 1 aliphatic rings. The van der Waals surface area contributed by atoms with E-state index in [1.54, 1.807) is 12.5 Å². The molecule has 3 nitrogen and oxygen atoms in total. The monoisotopic (exact) mass is 184 g/mol. The molecule has 0 saturated carbocycles. The summed E-state index contributed by atoms with van der Waals surface area (Å²) in [7, 11) is 0. The van der Waals surface area contributed by atoms with Crippen LogP contribution in [0, 0.1) is 0 Å². The summed E-state index contributed by atoms with van der Waals surface area (Å²) in [4.78, 5) is 9.11. The molecule has 0 radical (unpaired) electrons. The van der Waals surface area contributed by atoms with E-state index in [0.717, 1.165) is 16.6 Å². The third-order valence-corrected chi connectivity index (χ3v) is 2.34. The first kappa shape index (κ1) is 7.38. The maximum absolute atomic E-state index is 4.99. The van der Waals surface area contributed by atoms with Crippen LogP contribution in [0.3, 0.4) is 0 Å². The van der Waals surface area contributed by atoms with Crippen molar-refractivity contribution < 1.29 is 4.84 Å². The Morgan fingerprint density at radius 1 is 1.21 bits per heavy atom. The zero-order valence-electron chi connectivity index (χ0n) is 7.40. The Balaban J connectivity index is 2.42. The van der Waals surface area contributed by atoms with E-state index < -0.39 is 0 Å². The van der Waals surface area contributed by atoms with Crippen molar-refractivity contribution in [2.45, 2.75) is 0 Å². The molecule has 0 unspecified atom stereocenters. The van der Waals surface area contributed by atoms with Crippen LogP contribution in [0.5, 0.6) is 0 Å². The van der Waals surface area contributed by atoms with E-state index in [1.165, 1.54) is 5.39 Å². The molecule has 2 heterocycles. The fourth-order valence-corrected chi connectivity index (χ4v) is 1.65. The van der Waals surface area contributed by atoms with Crippen molar-refractivity contribution in [1.29, 1.82) is 0 Å². The van der Waals surface area contributed by atoms with E-state index in [9.17, 15) is 0 Å². The second-order valence-corrected chi connectivity index (χ2v) is 3.15. The van der Waals surface area contributed by atoms with Crippen molar-refractivity contribution in [2.24, 2.45) is 0 Å². The molecule has 0 aliphatic carbocycles. The van der Waals surface area contributed by atoms with Gasteiger partial charge in [0.25, 0.3) is 0 Å². The van der Waals surface area contributed by atoms with Crippen LogP contribution in [0.25, 0.3) is 16.8 Å². The van der Waals surface area contributed by atoms with Crippen LogP contribution < -0.4 is 5.48 Å². The second-order valence-electron chi connectivity index (χ2n) is 3.15. The predicted molar refractivity (Wildman–Crippen MR) is 55.5 cm³/mol. The molecule has 0 amide bonds. The number of rotatable bonds is 0. The Hall–Kier alpha value is -2.03. The van der Waals surface area contributed by atoms with Crippen LogP contribution in [-0.2, 0) is 4.84 Å². The number of hydrogen-bond acceptors (Lipinski definition) is 3. The molecular weight excluding hydrogens is 176 g/mol. The molecule has 2 aromatic rings. The Morgan fingerprint density at radius 2 is 2.21 bits per heavy atom. The molecule has 0 atom stereocenters. The van der Waals surface area contributed by atoms with Gasteiger partial charge in [0.15, 0.2) is 0 Å². The van der Waals surface area contributed by atoms with Gasteiger partial charge in [0.2, 0.25) is 0 Å². The first-order chi connectivity index (χ1) is 6.95. The number of hydrogen-bond donors (Lipinski definition) is 1. The molecule has 0 fully saturated rings. The fraction of sp³-hybridized carbons (Fsp3) is 0. The van der Waals surface area contributed by atoms with Crippen LogP contribution in [0.4, 0.5) is 5.69 Å². The maximum Gasteiger partial charge on any atom is 0.119 e. The average molecular weight is 184 g/mol. The Bertz CT molecular complexity index is 520. The lowest BCUT2D eigenvalue weighted by Gasteiger charge is -2.14. The number of benzene rings is 1.